The Bertz CT molecular complexity index is 886. The van der Waals surface area contributed by atoms with Crippen LogP contribution in [0.3, 0.4) is 0 Å². The molecule has 2 heterocycles. The highest BCUT2D eigenvalue weighted by molar-refractivity contribution is 8.18. The highest BCUT2D eigenvalue weighted by Gasteiger charge is 2.34. The molecule has 0 saturated carbocycles. The van der Waals surface area contributed by atoms with E-state index in [2.05, 4.69) is 17.1 Å². The molecule has 1 aromatic carbocycles. The number of hydrogen-bond acceptors (Lipinski definition) is 3. The average molecular weight is 322 g/mol. The van der Waals surface area contributed by atoms with Crippen LogP contribution in [0.2, 0.25) is 0 Å². The number of terminal acetylenes is 1. The van der Waals surface area contributed by atoms with Gasteiger partial charge >= 0.3 is 0 Å². The van der Waals surface area contributed by atoms with Gasteiger partial charge in [-0.2, -0.15) is 0 Å². The number of carbonyl (C=O) groups excluding carboxylic acids is 2. The van der Waals surface area contributed by atoms with Gasteiger partial charge in [0.15, 0.2) is 0 Å². The third-order valence-electron chi connectivity index (χ3n) is 3.55. The molecule has 1 aliphatic heterocycles. The molecule has 0 radical (unpaired) electrons. The number of hydrogen-bond donors (Lipinski definition) is 0. The van der Waals surface area contributed by atoms with E-state index in [1.54, 1.807) is 6.08 Å². The number of fused-ring (bicyclic) bond motifs is 1. The number of allylic oxidation sites excluding steroid dienone is 1. The zero-order valence-electron chi connectivity index (χ0n) is 12.4. The van der Waals surface area contributed by atoms with Crippen LogP contribution in [0, 0.1) is 12.3 Å². The number of imide groups is 1. The van der Waals surface area contributed by atoms with Crippen LogP contribution < -0.4 is 0 Å². The Balaban J connectivity index is 2.05. The van der Waals surface area contributed by atoms with Gasteiger partial charge in [-0.25, -0.2) is 0 Å². The summed E-state index contributed by atoms with van der Waals surface area (Å²) in [6.45, 7) is 4.44. The van der Waals surface area contributed by atoms with E-state index in [4.69, 9.17) is 6.42 Å². The lowest BCUT2D eigenvalue weighted by Crippen LogP contribution is -2.28. The lowest BCUT2D eigenvalue weighted by atomic mass is 10.1. The van der Waals surface area contributed by atoms with Gasteiger partial charge in [-0.05, 0) is 23.9 Å². The zero-order valence-corrected chi connectivity index (χ0v) is 13.2. The smallest absolute Gasteiger partial charge is 0.294 e. The number of nitrogens with zero attached hydrogens (tertiary/aromatic N) is 2. The van der Waals surface area contributed by atoms with Crippen molar-refractivity contribution in [2.24, 2.45) is 0 Å². The Morgan fingerprint density at radius 1 is 1.30 bits per heavy atom. The van der Waals surface area contributed by atoms with Crippen molar-refractivity contribution in [3.8, 4) is 12.3 Å². The normalized spacial score (nSPS) is 16.3. The van der Waals surface area contributed by atoms with E-state index >= 15 is 0 Å². The van der Waals surface area contributed by atoms with E-state index < -0.39 is 0 Å². The summed E-state index contributed by atoms with van der Waals surface area (Å²) in [7, 11) is 0. The second-order valence-corrected chi connectivity index (χ2v) is 6.01. The summed E-state index contributed by atoms with van der Waals surface area (Å²) in [4.78, 5) is 25.6. The Labute approximate surface area is 138 Å². The molecule has 1 fully saturated rings. The predicted octanol–water partition coefficient (Wildman–Crippen LogP) is 3.50. The topological polar surface area (TPSA) is 42.3 Å². The highest BCUT2D eigenvalue weighted by Crippen LogP contribution is 2.33. The first kappa shape index (κ1) is 15.2. The number of carbonyl (C=O) groups is 2. The van der Waals surface area contributed by atoms with Gasteiger partial charge in [0, 0.05) is 29.2 Å². The third-order valence-corrected chi connectivity index (χ3v) is 4.46. The van der Waals surface area contributed by atoms with Crippen molar-refractivity contribution in [1.29, 1.82) is 0 Å². The lowest BCUT2D eigenvalue weighted by Gasteiger charge is -2.06. The van der Waals surface area contributed by atoms with E-state index in [1.165, 1.54) is 0 Å². The lowest BCUT2D eigenvalue weighted by molar-refractivity contribution is -0.122. The van der Waals surface area contributed by atoms with E-state index in [0.717, 1.165) is 33.1 Å². The first-order valence-electron chi connectivity index (χ1n) is 7.03. The van der Waals surface area contributed by atoms with Crippen LogP contribution in [0.1, 0.15) is 5.56 Å². The minimum atomic E-state index is -0.335. The number of thioether (sulfide) groups is 1. The molecule has 2 aromatic rings. The number of para-hydroxylation sites is 1. The van der Waals surface area contributed by atoms with Crippen molar-refractivity contribution in [3.63, 3.8) is 0 Å². The summed E-state index contributed by atoms with van der Waals surface area (Å²) in [6.07, 6.45) is 10.7. The molecule has 1 saturated heterocycles. The fourth-order valence-electron chi connectivity index (χ4n) is 2.55. The van der Waals surface area contributed by atoms with E-state index in [0.29, 0.717) is 11.4 Å². The monoisotopic (exact) mass is 322 g/mol. The molecule has 23 heavy (non-hydrogen) atoms. The van der Waals surface area contributed by atoms with E-state index in [9.17, 15) is 9.59 Å². The molecule has 4 nitrogen and oxygen atoms in total. The van der Waals surface area contributed by atoms with Crippen LogP contribution in [-0.4, -0.2) is 27.2 Å². The fraction of sp³-hybridized carbons (Fsp3) is 0.111. The maximum atomic E-state index is 12.3. The molecule has 114 valence electrons. The minimum Gasteiger partial charge on any atom is -0.343 e. The number of aromatic nitrogens is 1. The standard InChI is InChI=1S/C18H14N2O2S/c1-3-9-19-12-13(14-7-5-6-8-15(14)19)11-16-17(21)20(10-4-2)18(22)23-16/h2-3,5-8,11-12H,1,9-10H2/b16-11+. The van der Waals surface area contributed by atoms with Crippen LogP contribution >= 0.6 is 11.8 Å². The van der Waals surface area contributed by atoms with Crippen molar-refractivity contribution in [2.45, 2.75) is 6.54 Å². The summed E-state index contributed by atoms with van der Waals surface area (Å²) in [5.74, 6) is 2.00. The van der Waals surface area contributed by atoms with Crippen molar-refractivity contribution in [3.05, 3.63) is 53.6 Å². The average Bonchev–Trinajstić information content (AvgIpc) is 3.02. The van der Waals surface area contributed by atoms with E-state index in [-0.39, 0.29) is 17.7 Å². The molecule has 3 rings (SSSR count). The van der Waals surface area contributed by atoms with Crippen LogP contribution in [0.25, 0.3) is 17.0 Å². The van der Waals surface area contributed by atoms with Gasteiger partial charge in [0.05, 0.1) is 11.4 Å². The molecule has 2 amide bonds. The van der Waals surface area contributed by atoms with Crippen LogP contribution in [-0.2, 0) is 11.3 Å². The fourth-order valence-corrected chi connectivity index (χ4v) is 3.38. The maximum Gasteiger partial charge on any atom is 0.294 e. The number of rotatable bonds is 4. The number of amides is 2. The van der Waals surface area contributed by atoms with E-state index in [1.807, 2.05) is 36.5 Å². The summed E-state index contributed by atoms with van der Waals surface area (Å²) >= 11 is 0.921. The Hall–Kier alpha value is -2.71. The molecule has 0 N–H and O–H groups in total. The van der Waals surface area contributed by atoms with Gasteiger partial charge in [-0.3, -0.25) is 14.5 Å². The first-order chi connectivity index (χ1) is 11.2. The molecule has 0 unspecified atom stereocenters. The van der Waals surface area contributed by atoms with Gasteiger partial charge in [0.25, 0.3) is 11.1 Å². The van der Waals surface area contributed by atoms with Gasteiger partial charge in [0.1, 0.15) is 0 Å². The zero-order chi connectivity index (χ0) is 16.4. The predicted molar refractivity (Wildman–Crippen MR) is 93.6 cm³/mol. The Morgan fingerprint density at radius 2 is 2.09 bits per heavy atom. The molecule has 0 aliphatic carbocycles. The molecule has 1 aliphatic rings. The second kappa shape index (κ2) is 6.19. The summed E-state index contributed by atoms with van der Waals surface area (Å²) in [6, 6.07) is 7.92. The Morgan fingerprint density at radius 3 is 2.83 bits per heavy atom. The van der Waals surface area contributed by atoms with Gasteiger partial charge in [-0.15, -0.1) is 13.0 Å². The van der Waals surface area contributed by atoms with Crippen molar-refractivity contribution >= 4 is 39.9 Å². The summed E-state index contributed by atoms with van der Waals surface area (Å²) < 4.78 is 2.06. The van der Waals surface area contributed by atoms with Crippen LogP contribution in [0.5, 0.6) is 0 Å². The molecule has 5 heteroatoms. The van der Waals surface area contributed by atoms with Gasteiger partial charge in [0.2, 0.25) is 0 Å². The molecule has 1 aromatic heterocycles. The minimum absolute atomic E-state index is 0.000229. The third kappa shape index (κ3) is 2.69. The maximum absolute atomic E-state index is 12.3. The van der Waals surface area contributed by atoms with Crippen LogP contribution in [0.4, 0.5) is 4.79 Å². The molecule has 0 atom stereocenters. The SMILES string of the molecule is C#CCN1C(=O)S/C(=C/c2cn(CC=C)c3ccccc23)C1=O. The largest absolute Gasteiger partial charge is 0.343 e. The van der Waals surface area contributed by atoms with Crippen molar-refractivity contribution in [2.75, 3.05) is 6.54 Å². The van der Waals surface area contributed by atoms with Gasteiger partial charge in [-0.1, -0.05) is 30.2 Å². The second-order valence-electron chi connectivity index (χ2n) is 5.01. The molecular formula is C18H14N2O2S. The summed E-state index contributed by atoms with van der Waals surface area (Å²) in [5.41, 5.74) is 1.95. The molecular weight excluding hydrogens is 308 g/mol. The number of benzene rings is 1. The quantitative estimate of drug-likeness (QED) is 0.491. The van der Waals surface area contributed by atoms with Crippen molar-refractivity contribution < 1.29 is 9.59 Å². The van der Waals surface area contributed by atoms with Crippen LogP contribution in [0.15, 0.2) is 48.0 Å². The molecule has 0 spiro atoms. The highest BCUT2D eigenvalue weighted by atomic mass is 32.2. The van der Waals surface area contributed by atoms with Gasteiger partial charge < -0.3 is 4.57 Å². The molecule has 0 bridgehead atoms. The Kier molecular flexibility index (Phi) is 4.09. The first-order valence-corrected chi connectivity index (χ1v) is 7.85. The van der Waals surface area contributed by atoms with Crippen molar-refractivity contribution in [1.82, 2.24) is 9.47 Å². The summed E-state index contributed by atoms with van der Waals surface area (Å²) in [5, 5.41) is 0.701.